The molecule has 1 aromatic carbocycles. The molecule has 5 fully saturated rings. The highest BCUT2D eigenvalue weighted by atomic mass is 16.2. The zero-order valence-corrected chi connectivity index (χ0v) is 19.3. The first-order valence-electron chi connectivity index (χ1n) is 12.0. The van der Waals surface area contributed by atoms with Crippen LogP contribution < -0.4 is 11.5 Å². The highest BCUT2D eigenvalue weighted by molar-refractivity contribution is 6.06. The monoisotopic (exact) mass is 437 g/mol. The minimum atomic E-state index is -1.23. The first-order chi connectivity index (χ1) is 15.0. The molecule has 6 rings (SSSR count). The fourth-order valence-corrected chi connectivity index (χ4v) is 8.20. The van der Waals surface area contributed by atoms with Crippen LogP contribution in [0, 0.1) is 40.4 Å². The van der Waals surface area contributed by atoms with Crippen molar-refractivity contribution < 1.29 is 14.4 Å². The maximum Gasteiger partial charge on any atom is 0.239 e. The summed E-state index contributed by atoms with van der Waals surface area (Å²) in [5.41, 5.74) is 10.7. The lowest BCUT2D eigenvalue weighted by atomic mass is 9.43. The van der Waals surface area contributed by atoms with E-state index in [1.807, 2.05) is 49.1 Å². The van der Waals surface area contributed by atoms with E-state index in [1.165, 1.54) is 0 Å². The Labute approximate surface area is 190 Å². The molecule has 4 atom stereocenters. The van der Waals surface area contributed by atoms with Crippen molar-refractivity contribution in [3.63, 3.8) is 0 Å². The van der Waals surface area contributed by atoms with Crippen LogP contribution in [0.4, 0.5) is 0 Å². The van der Waals surface area contributed by atoms with E-state index in [-0.39, 0.29) is 29.1 Å². The molecular formula is C26H35N3O3. The lowest BCUT2D eigenvalue weighted by molar-refractivity contribution is -0.161. The number of hydrogen-bond donors (Lipinski definition) is 2. The number of likely N-dealkylation sites (tertiary alicyclic amines) is 1. The van der Waals surface area contributed by atoms with Crippen LogP contribution in [0.2, 0.25) is 0 Å². The number of benzene rings is 1. The lowest BCUT2D eigenvalue weighted by Crippen LogP contribution is -2.59. The van der Waals surface area contributed by atoms with Gasteiger partial charge in [-0.25, -0.2) is 0 Å². The predicted octanol–water partition coefficient (Wildman–Crippen LogP) is 2.80. The van der Waals surface area contributed by atoms with Gasteiger partial charge in [0.15, 0.2) is 0 Å². The summed E-state index contributed by atoms with van der Waals surface area (Å²) in [7, 11) is 0. The molecule has 0 aromatic heterocycles. The number of carbonyl (C=O) groups excluding carboxylic acids is 3. The van der Waals surface area contributed by atoms with Crippen LogP contribution in [0.5, 0.6) is 0 Å². The van der Waals surface area contributed by atoms with E-state index in [2.05, 4.69) is 0 Å². The third-order valence-corrected chi connectivity index (χ3v) is 9.81. The number of primary amides is 2. The van der Waals surface area contributed by atoms with Gasteiger partial charge < -0.3 is 16.4 Å². The highest BCUT2D eigenvalue weighted by Crippen LogP contribution is 2.66. The predicted molar refractivity (Wildman–Crippen MR) is 121 cm³/mol. The van der Waals surface area contributed by atoms with Gasteiger partial charge in [0, 0.05) is 17.9 Å². The molecule has 1 heterocycles. The van der Waals surface area contributed by atoms with Crippen molar-refractivity contribution in [2.45, 2.75) is 58.4 Å². The molecule has 4 saturated carbocycles. The third kappa shape index (κ3) is 2.74. The Morgan fingerprint density at radius 1 is 1.00 bits per heavy atom. The van der Waals surface area contributed by atoms with Gasteiger partial charge >= 0.3 is 0 Å². The average Bonchev–Trinajstić information content (AvgIpc) is 3.01. The van der Waals surface area contributed by atoms with Crippen molar-refractivity contribution in [1.29, 1.82) is 0 Å². The van der Waals surface area contributed by atoms with Crippen LogP contribution in [0.1, 0.15) is 58.4 Å². The van der Waals surface area contributed by atoms with E-state index in [0.29, 0.717) is 24.3 Å². The Balaban J connectivity index is 1.52. The van der Waals surface area contributed by atoms with Crippen molar-refractivity contribution in [3.05, 3.63) is 35.9 Å². The van der Waals surface area contributed by atoms with Gasteiger partial charge in [0.05, 0.1) is 5.54 Å². The van der Waals surface area contributed by atoms with Crippen LogP contribution in [0.15, 0.2) is 30.3 Å². The molecule has 4 bridgehead atoms. The second-order valence-electron chi connectivity index (χ2n) is 11.7. The van der Waals surface area contributed by atoms with E-state index >= 15 is 0 Å². The van der Waals surface area contributed by atoms with Gasteiger partial charge in [-0.05, 0) is 82.1 Å². The van der Waals surface area contributed by atoms with Crippen LogP contribution in [-0.2, 0) is 19.9 Å². The molecule has 1 aromatic rings. The third-order valence-electron chi connectivity index (χ3n) is 9.81. The van der Waals surface area contributed by atoms with Gasteiger partial charge in [0.25, 0.3) is 0 Å². The number of carbonyl (C=O) groups is 3. The molecule has 4 N–H and O–H groups in total. The summed E-state index contributed by atoms with van der Waals surface area (Å²) in [4.78, 5) is 41.0. The Kier molecular flexibility index (Phi) is 4.57. The van der Waals surface area contributed by atoms with E-state index in [9.17, 15) is 14.4 Å². The van der Waals surface area contributed by atoms with Crippen molar-refractivity contribution in [1.82, 2.24) is 4.90 Å². The number of nitrogens with two attached hydrogens (primary N) is 2. The molecular weight excluding hydrogens is 402 g/mol. The summed E-state index contributed by atoms with van der Waals surface area (Å²) in [6, 6.07) is 9.97. The van der Waals surface area contributed by atoms with E-state index in [4.69, 9.17) is 11.5 Å². The Hall–Kier alpha value is -2.37. The van der Waals surface area contributed by atoms with E-state index in [1.54, 1.807) is 6.92 Å². The largest absolute Gasteiger partial charge is 0.369 e. The molecule has 3 amide bonds. The van der Waals surface area contributed by atoms with E-state index < -0.39 is 16.9 Å². The van der Waals surface area contributed by atoms with Gasteiger partial charge in [-0.15, -0.1) is 0 Å². The second kappa shape index (κ2) is 6.82. The van der Waals surface area contributed by atoms with Gasteiger partial charge in [-0.2, -0.15) is 0 Å². The average molecular weight is 438 g/mol. The number of hydrogen-bond acceptors (Lipinski definition) is 3. The molecule has 5 aliphatic rings. The Morgan fingerprint density at radius 2 is 1.59 bits per heavy atom. The summed E-state index contributed by atoms with van der Waals surface area (Å²) in [5, 5.41) is 0. The maximum atomic E-state index is 13.9. The van der Waals surface area contributed by atoms with Crippen LogP contribution in [-0.4, -0.2) is 29.2 Å². The van der Waals surface area contributed by atoms with Gasteiger partial charge in [-0.3, -0.25) is 14.4 Å². The molecule has 0 spiro atoms. The van der Waals surface area contributed by atoms with Gasteiger partial charge in [0.2, 0.25) is 17.7 Å². The zero-order chi connectivity index (χ0) is 23.1. The molecule has 0 radical (unpaired) electrons. The molecule has 172 valence electrons. The minimum absolute atomic E-state index is 0.143. The Bertz CT molecular complexity index is 958. The topological polar surface area (TPSA) is 106 Å². The molecule has 4 unspecified atom stereocenters. The first-order valence-corrected chi connectivity index (χ1v) is 12.0. The van der Waals surface area contributed by atoms with Crippen molar-refractivity contribution >= 4 is 17.7 Å². The van der Waals surface area contributed by atoms with Crippen LogP contribution in [0.25, 0.3) is 0 Å². The standard InChI is InChI=1S/C26H35N3O3/c1-24(2,18-7-5-4-6-8-18)29-14-19(25(3,21(27)30)23(29)32)20-16-9-15-10-17(20)13-26(11-15,12-16)22(28)31/h4-8,15-17,19-20H,9-14H2,1-3H3,(H2,27,30)(H2,28,31). The molecule has 6 nitrogen and oxygen atoms in total. The summed E-state index contributed by atoms with van der Waals surface area (Å²) in [6.45, 7) is 6.37. The summed E-state index contributed by atoms with van der Waals surface area (Å²) in [5.74, 6) is 0.398. The van der Waals surface area contributed by atoms with Crippen molar-refractivity contribution in [2.24, 2.45) is 51.9 Å². The quantitative estimate of drug-likeness (QED) is 0.692. The first kappa shape index (κ1) is 21.5. The van der Waals surface area contributed by atoms with Crippen molar-refractivity contribution in [3.8, 4) is 0 Å². The number of nitrogens with zero attached hydrogens (tertiary/aromatic N) is 1. The maximum absolute atomic E-state index is 13.9. The number of rotatable bonds is 5. The summed E-state index contributed by atoms with van der Waals surface area (Å²) in [6.07, 6.45) is 4.63. The van der Waals surface area contributed by atoms with Gasteiger partial charge in [-0.1, -0.05) is 30.3 Å². The second-order valence-corrected chi connectivity index (χ2v) is 11.7. The summed E-state index contributed by atoms with van der Waals surface area (Å²) < 4.78 is 0. The lowest BCUT2D eigenvalue weighted by Gasteiger charge is -2.61. The number of amides is 3. The minimum Gasteiger partial charge on any atom is -0.369 e. The molecule has 1 saturated heterocycles. The molecule has 1 aliphatic heterocycles. The molecule has 6 heteroatoms. The van der Waals surface area contributed by atoms with Crippen molar-refractivity contribution in [2.75, 3.05) is 6.54 Å². The van der Waals surface area contributed by atoms with Gasteiger partial charge in [0.1, 0.15) is 5.41 Å². The fraction of sp³-hybridized carbons (Fsp3) is 0.654. The fourth-order valence-electron chi connectivity index (χ4n) is 8.20. The zero-order valence-electron chi connectivity index (χ0n) is 19.3. The summed E-state index contributed by atoms with van der Waals surface area (Å²) >= 11 is 0. The van der Waals surface area contributed by atoms with Crippen LogP contribution >= 0.6 is 0 Å². The SMILES string of the molecule is CC1(C(N)=O)C(=O)N(C(C)(C)c2ccccc2)CC1C1C2CC3CC1CC(C(N)=O)(C3)C2. The Morgan fingerprint density at radius 3 is 2.12 bits per heavy atom. The van der Waals surface area contributed by atoms with E-state index in [0.717, 1.165) is 37.7 Å². The molecule has 4 aliphatic carbocycles. The normalized spacial score (nSPS) is 40.7. The van der Waals surface area contributed by atoms with Crippen LogP contribution in [0.3, 0.4) is 0 Å². The smallest absolute Gasteiger partial charge is 0.239 e. The highest BCUT2D eigenvalue weighted by Gasteiger charge is 2.66. The molecule has 32 heavy (non-hydrogen) atoms.